The number of aliphatic hydroxyl groups excluding tert-OH is 2. The average molecular weight is 602 g/mol. The molecule has 4 N–H and O–H groups in total. The molecule has 1 aliphatic heterocycles. The van der Waals surface area contributed by atoms with Crippen molar-refractivity contribution in [1.29, 1.82) is 0 Å². The second kappa shape index (κ2) is 14.3. The quantitative estimate of drug-likeness (QED) is 0.220. The largest absolute Gasteiger partial charge is 0.497 e. The van der Waals surface area contributed by atoms with Crippen molar-refractivity contribution in [3.63, 3.8) is 0 Å². The van der Waals surface area contributed by atoms with Crippen LogP contribution >= 0.6 is 0 Å². The van der Waals surface area contributed by atoms with Crippen molar-refractivity contribution in [2.75, 3.05) is 30.5 Å². The molecule has 44 heavy (non-hydrogen) atoms. The lowest BCUT2D eigenvalue weighted by Crippen LogP contribution is -2.44. The summed E-state index contributed by atoms with van der Waals surface area (Å²) in [6.07, 6.45) is 2.15. The van der Waals surface area contributed by atoms with Gasteiger partial charge < -0.3 is 35.2 Å². The fraction of sp³-hybridized carbons (Fsp3) is 0.324. The Hall–Kier alpha value is -4.51. The van der Waals surface area contributed by atoms with Gasteiger partial charge in [-0.1, -0.05) is 61.5 Å². The lowest BCUT2D eigenvalue weighted by molar-refractivity contribution is -0.139. The number of benzene rings is 3. The van der Waals surface area contributed by atoms with Crippen molar-refractivity contribution in [2.45, 2.75) is 45.1 Å². The highest BCUT2D eigenvalue weighted by Crippen LogP contribution is 2.47. The third-order valence-corrected chi connectivity index (χ3v) is 7.71. The van der Waals surface area contributed by atoms with Crippen LogP contribution in [0, 0.1) is 5.92 Å². The first-order valence-corrected chi connectivity index (χ1v) is 14.5. The highest BCUT2D eigenvalue weighted by Gasteiger charge is 2.52. The van der Waals surface area contributed by atoms with Gasteiger partial charge in [0.15, 0.2) is 5.60 Å². The van der Waals surface area contributed by atoms with Gasteiger partial charge in [-0.05, 0) is 48.4 Å². The van der Waals surface area contributed by atoms with E-state index in [1.54, 1.807) is 66.4 Å². The van der Waals surface area contributed by atoms with Gasteiger partial charge in [0.25, 0.3) is 11.8 Å². The number of carbonyl (C=O) groups is 3. The summed E-state index contributed by atoms with van der Waals surface area (Å²) in [4.78, 5) is 42.0. The van der Waals surface area contributed by atoms with Crippen LogP contribution in [0.1, 0.15) is 37.0 Å². The van der Waals surface area contributed by atoms with Crippen LogP contribution in [0.3, 0.4) is 0 Å². The second-order valence-electron chi connectivity index (χ2n) is 10.9. The van der Waals surface area contributed by atoms with Gasteiger partial charge >= 0.3 is 0 Å². The number of hydrogen-bond donors (Lipinski definition) is 4. The molecule has 10 nitrogen and oxygen atoms in total. The first-order chi connectivity index (χ1) is 21.1. The van der Waals surface area contributed by atoms with Crippen molar-refractivity contribution in [3.8, 4) is 5.75 Å². The minimum atomic E-state index is -1.93. The van der Waals surface area contributed by atoms with Crippen molar-refractivity contribution in [3.05, 3.63) is 102 Å². The number of fused-ring (bicyclic) bond motifs is 1. The maximum absolute atomic E-state index is 14.0. The molecule has 0 radical (unpaired) electrons. The van der Waals surface area contributed by atoms with E-state index in [4.69, 9.17) is 4.74 Å². The number of nitrogens with one attached hydrogen (secondary N) is 1. The Kier molecular flexibility index (Phi) is 10.5. The Balaban J connectivity index is 1.55. The van der Waals surface area contributed by atoms with Crippen LogP contribution in [-0.4, -0.2) is 64.3 Å². The summed E-state index contributed by atoms with van der Waals surface area (Å²) < 4.78 is 5.39. The Morgan fingerprint density at radius 1 is 1.05 bits per heavy atom. The lowest BCUT2D eigenvalue weighted by Gasteiger charge is -2.28. The van der Waals surface area contributed by atoms with Gasteiger partial charge in [0.2, 0.25) is 5.91 Å². The second-order valence-corrected chi connectivity index (χ2v) is 10.9. The standard InChI is InChI=1S/C34H39N3O7/c1-23(9-7-14-31(40)36(17-18-38)21-25-10-5-4-6-11-25)34(43)29-20-28(44-3)15-16-30(29)37(33(34)42)22-26-12-8-13-27(19-26)35-32(41)24(2)39/h4-13,15-16,19-20,23-24,38-39,43H,14,17-18,21-22H2,1-3H3,(H,35,41)/b9-7+/t23-,24-,34+/m0/s1. The SMILES string of the molecule is COc1ccc2c(c1)[C@](O)([C@@H](C)/C=C/CC(=O)N(CCO)Cc1ccccc1)C(=O)N2Cc1cccc(NC(=O)[C@H](C)O)c1. The number of amides is 3. The molecule has 0 fully saturated rings. The predicted octanol–water partition coefficient (Wildman–Crippen LogP) is 3.35. The summed E-state index contributed by atoms with van der Waals surface area (Å²) in [5.41, 5.74) is 1.08. The maximum atomic E-state index is 14.0. The number of aliphatic hydroxyl groups is 3. The highest BCUT2D eigenvalue weighted by molar-refractivity contribution is 6.07. The van der Waals surface area contributed by atoms with Crippen LogP contribution in [0.15, 0.2) is 84.9 Å². The number of anilines is 2. The van der Waals surface area contributed by atoms with Crippen LogP contribution < -0.4 is 15.0 Å². The van der Waals surface area contributed by atoms with E-state index in [1.807, 2.05) is 30.3 Å². The molecular formula is C34H39N3O7. The van der Waals surface area contributed by atoms with Gasteiger partial charge in [-0.3, -0.25) is 14.4 Å². The van der Waals surface area contributed by atoms with Crippen LogP contribution in [-0.2, 0) is 33.1 Å². The van der Waals surface area contributed by atoms with Gasteiger partial charge in [-0.15, -0.1) is 0 Å². The minimum absolute atomic E-state index is 0.0289. The van der Waals surface area contributed by atoms with Crippen LogP contribution in [0.5, 0.6) is 5.75 Å². The van der Waals surface area contributed by atoms with Crippen LogP contribution in [0.4, 0.5) is 11.4 Å². The van der Waals surface area contributed by atoms with Crippen molar-refractivity contribution in [1.82, 2.24) is 4.90 Å². The zero-order chi connectivity index (χ0) is 31.9. The average Bonchev–Trinajstić information content (AvgIpc) is 3.23. The zero-order valence-electron chi connectivity index (χ0n) is 25.1. The van der Waals surface area contributed by atoms with E-state index in [1.165, 1.54) is 18.9 Å². The topological polar surface area (TPSA) is 140 Å². The van der Waals surface area contributed by atoms with Gasteiger partial charge in [0.05, 0.1) is 25.9 Å². The number of nitrogens with zero attached hydrogens (tertiary/aromatic N) is 2. The Labute approximate surface area is 257 Å². The molecule has 0 aromatic heterocycles. The number of rotatable bonds is 13. The Morgan fingerprint density at radius 3 is 2.45 bits per heavy atom. The molecule has 1 heterocycles. The molecule has 10 heteroatoms. The van der Waals surface area contributed by atoms with E-state index in [9.17, 15) is 29.7 Å². The summed E-state index contributed by atoms with van der Waals surface area (Å²) in [6.45, 7) is 3.58. The van der Waals surface area contributed by atoms with E-state index >= 15 is 0 Å². The van der Waals surface area contributed by atoms with Gasteiger partial charge in [-0.25, -0.2) is 0 Å². The third-order valence-electron chi connectivity index (χ3n) is 7.71. The molecule has 0 aliphatic carbocycles. The smallest absolute Gasteiger partial charge is 0.264 e. The Morgan fingerprint density at radius 2 is 1.77 bits per heavy atom. The zero-order valence-corrected chi connectivity index (χ0v) is 25.1. The van der Waals surface area contributed by atoms with Crippen LogP contribution in [0.2, 0.25) is 0 Å². The molecular weight excluding hydrogens is 562 g/mol. The molecule has 0 bridgehead atoms. The van der Waals surface area contributed by atoms with Gasteiger partial charge in [0.1, 0.15) is 11.9 Å². The van der Waals surface area contributed by atoms with E-state index in [2.05, 4.69) is 5.32 Å². The maximum Gasteiger partial charge on any atom is 0.264 e. The molecule has 0 unspecified atom stereocenters. The summed E-state index contributed by atoms with van der Waals surface area (Å²) >= 11 is 0. The van der Waals surface area contributed by atoms with Gasteiger partial charge in [-0.2, -0.15) is 0 Å². The Bertz CT molecular complexity index is 1510. The molecule has 3 aromatic carbocycles. The van der Waals surface area contributed by atoms with Crippen LogP contribution in [0.25, 0.3) is 0 Å². The van der Waals surface area contributed by atoms with E-state index < -0.39 is 29.4 Å². The predicted molar refractivity (Wildman–Crippen MR) is 167 cm³/mol. The molecule has 0 spiro atoms. The summed E-state index contributed by atoms with van der Waals surface area (Å²) in [7, 11) is 1.50. The highest BCUT2D eigenvalue weighted by atomic mass is 16.5. The number of hydrogen-bond acceptors (Lipinski definition) is 7. The third kappa shape index (κ3) is 7.16. The number of ether oxygens (including phenoxy) is 1. The fourth-order valence-corrected chi connectivity index (χ4v) is 5.24. The number of methoxy groups -OCH3 is 1. The van der Waals surface area contributed by atoms with E-state index in [0.29, 0.717) is 34.8 Å². The first-order valence-electron chi connectivity index (χ1n) is 14.5. The summed E-state index contributed by atoms with van der Waals surface area (Å²) in [5.74, 6) is -1.51. The summed E-state index contributed by atoms with van der Waals surface area (Å²) in [6, 6.07) is 21.5. The molecule has 0 saturated carbocycles. The lowest BCUT2D eigenvalue weighted by atomic mass is 9.83. The van der Waals surface area contributed by atoms with Crippen molar-refractivity contribution in [2.24, 2.45) is 5.92 Å². The van der Waals surface area contributed by atoms with E-state index in [0.717, 1.165) is 5.56 Å². The number of carbonyl (C=O) groups excluding carboxylic acids is 3. The van der Waals surface area contributed by atoms with E-state index in [-0.39, 0.29) is 32.0 Å². The van der Waals surface area contributed by atoms with Crippen molar-refractivity contribution >= 4 is 29.1 Å². The van der Waals surface area contributed by atoms with Gasteiger partial charge in [0, 0.05) is 36.7 Å². The molecule has 4 rings (SSSR count). The summed E-state index contributed by atoms with van der Waals surface area (Å²) in [5, 5.41) is 33.7. The monoisotopic (exact) mass is 601 g/mol. The van der Waals surface area contributed by atoms with Crippen molar-refractivity contribution < 1.29 is 34.4 Å². The fourth-order valence-electron chi connectivity index (χ4n) is 5.24. The molecule has 3 aromatic rings. The molecule has 3 atom stereocenters. The normalized spacial score (nSPS) is 17.3. The minimum Gasteiger partial charge on any atom is -0.497 e. The molecule has 3 amide bonds. The molecule has 1 aliphatic rings. The first kappa shape index (κ1) is 32.4. The molecule has 232 valence electrons. The molecule has 0 saturated heterocycles.